The van der Waals surface area contributed by atoms with Gasteiger partial charge in [0.15, 0.2) is 0 Å². The Balaban J connectivity index is 3.10. The molecule has 0 saturated heterocycles. The second-order valence-electron chi connectivity index (χ2n) is 4.10. The van der Waals surface area contributed by atoms with Crippen molar-refractivity contribution in [2.75, 3.05) is 19.0 Å². The Labute approximate surface area is 120 Å². The van der Waals surface area contributed by atoms with Crippen molar-refractivity contribution < 1.29 is 9.47 Å². The average molecular weight is 289 g/mol. The number of hydrogen-bond acceptors (Lipinski definition) is 3. The second-order valence-corrected chi connectivity index (χ2v) is 4.95. The van der Waals surface area contributed by atoms with Gasteiger partial charge in [-0.2, -0.15) is 12.6 Å². The molecule has 0 aliphatic carbocycles. The molecule has 0 aliphatic heterocycles. The van der Waals surface area contributed by atoms with Crippen LogP contribution in [0.2, 0.25) is 5.02 Å². The van der Waals surface area contributed by atoms with Gasteiger partial charge in [-0.3, -0.25) is 0 Å². The Kier molecular flexibility index (Phi) is 6.72. The fourth-order valence-corrected chi connectivity index (χ4v) is 2.44. The molecule has 1 rings (SSSR count). The van der Waals surface area contributed by atoms with E-state index in [-0.39, 0.29) is 0 Å². The highest BCUT2D eigenvalue weighted by Crippen LogP contribution is 2.37. The normalized spacial score (nSPS) is 12.3. The first-order valence-corrected chi connectivity index (χ1v) is 7.34. The quantitative estimate of drug-likeness (QED) is 0.742. The molecule has 1 atom stereocenters. The van der Waals surface area contributed by atoms with Crippen LogP contribution in [0.4, 0.5) is 0 Å². The van der Waals surface area contributed by atoms with Crippen LogP contribution in [0.15, 0.2) is 12.1 Å². The van der Waals surface area contributed by atoms with Crippen molar-refractivity contribution in [3.05, 3.63) is 22.7 Å². The van der Waals surface area contributed by atoms with Crippen molar-refractivity contribution in [3.63, 3.8) is 0 Å². The summed E-state index contributed by atoms with van der Waals surface area (Å²) in [5.74, 6) is 2.76. The molecule has 4 heteroatoms. The zero-order chi connectivity index (χ0) is 13.5. The largest absolute Gasteiger partial charge is 0.493 e. The number of halogens is 1. The monoisotopic (exact) mass is 288 g/mol. The Morgan fingerprint density at radius 3 is 2.33 bits per heavy atom. The third kappa shape index (κ3) is 3.99. The van der Waals surface area contributed by atoms with Gasteiger partial charge in [-0.25, -0.2) is 0 Å². The van der Waals surface area contributed by atoms with E-state index in [1.54, 1.807) is 0 Å². The van der Waals surface area contributed by atoms with Crippen molar-refractivity contribution in [2.24, 2.45) is 0 Å². The van der Waals surface area contributed by atoms with Crippen molar-refractivity contribution in [1.29, 1.82) is 0 Å². The Morgan fingerprint density at radius 1 is 1.17 bits per heavy atom. The average Bonchev–Trinajstić information content (AvgIpc) is 2.34. The number of benzene rings is 1. The van der Waals surface area contributed by atoms with Gasteiger partial charge in [-0.1, -0.05) is 18.5 Å². The summed E-state index contributed by atoms with van der Waals surface area (Å²) in [6.07, 6.45) is 0.994. The molecule has 102 valence electrons. The molecule has 0 aromatic heterocycles. The molecule has 2 nitrogen and oxygen atoms in total. The lowest BCUT2D eigenvalue weighted by molar-refractivity contribution is 0.319. The Hall–Kier alpha value is -0.540. The van der Waals surface area contributed by atoms with Crippen LogP contribution in [0.25, 0.3) is 0 Å². The van der Waals surface area contributed by atoms with Crippen LogP contribution in [0.1, 0.15) is 38.7 Å². The summed E-state index contributed by atoms with van der Waals surface area (Å²) in [6.45, 7) is 7.30. The third-order valence-electron chi connectivity index (χ3n) is 2.76. The third-order valence-corrected chi connectivity index (χ3v) is 3.31. The molecule has 0 radical (unpaired) electrons. The topological polar surface area (TPSA) is 18.5 Å². The minimum Gasteiger partial charge on any atom is -0.493 e. The smallest absolute Gasteiger partial charge is 0.141 e. The van der Waals surface area contributed by atoms with Crippen molar-refractivity contribution >= 4 is 24.2 Å². The van der Waals surface area contributed by atoms with E-state index in [2.05, 4.69) is 19.6 Å². The SMILES string of the molecule is CCOc1cc(OCC)c(C(C)CCS)cc1Cl. The molecule has 1 unspecified atom stereocenters. The number of rotatable bonds is 7. The first-order valence-electron chi connectivity index (χ1n) is 6.33. The van der Waals surface area contributed by atoms with Gasteiger partial charge in [-0.05, 0) is 43.6 Å². The van der Waals surface area contributed by atoms with E-state index >= 15 is 0 Å². The molecule has 0 saturated carbocycles. The van der Waals surface area contributed by atoms with E-state index in [4.69, 9.17) is 21.1 Å². The summed E-state index contributed by atoms with van der Waals surface area (Å²) in [7, 11) is 0. The molecule has 1 aromatic rings. The molecular weight excluding hydrogens is 268 g/mol. The molecule has 0 N–H and O–H groups in total. The Bertz CT molecular complexity index is 382. The van der Waals surface area contributed by atoms with Crippen molar-refractivity contribution in [1.82, 2.24) is 0 Å². The summed E-state index contributed by atoms with van der Waals surface area (Å²) in [5.41, 5.74) is 1.12. The van der Waals surface area contributed by atoms with E-state index in [1.165, 1.54) is 0 Å². The lowest BCUT2D eigenvalue weighted by Crippen LogP contribution is -2.03. The van der Waals surface area contributed by atoms with Gasteiger partial charge in [0.25, 0.3) is 0 Å². The molecule has 0 heterocycles. The summed E-state index contributed by atoms with van der Waals surface area (Å²) < 4.78 is 11.2. The maximum absolute atomic E-state index is 6.22. The second kappa shape index (κ2) is 7.80. The summed E-state index contributed by atoms with van der Waals surface area (Å²) >= 11 is 10.5. The molecular formula is C14H21ClO2S. The summed E-state index contributed by atoms with van der Waals surface area (Å²) in [5, 5.41) is 0.640. The fraction of sp³-hybridized carbons (Fsp3) is 0.571. The Morgan fingerprint density at radius 2 is 1.78 bits per heavy atom. The van der Waals surface area contributed by atoms with Gasteiger partial charge in [0.2, 0.25) is 0 Å². The maximum atomic E-state index is 6.22. The van der Waals surface area contributed by atoms with Gasteiger partial charge < -0.3 is 9.47 Å². The van der Waals surface area contributed by atoms with Crippen LogP contribution in [0.3, 0.4) is 0 Å². The minimum atomic E-state index is 0.372. The van der Waals surface area contributed by atoms with Gasteiger partial charge in [0.05, 0.1) is 18.2 Å². The molecule has 1 aromatic carbocycles. The number of ether oxygens (including phenoxy) is 2. The van der Waals surface area contributed by atoms with Gasteiger partial charge >= 0.3 is 0 Å². The molecule has 0 spiro atoms. The van der Waals surface area contributed by atoms with E-state index in [0.717, 1.165) is 23.5 Å². The zero-order valence-corrected chi connectivity index (χ0v) is 12.9. The standard InChI is InChI=1S/C14H21ClO2S/c1-4-16-13-9-14(17-5-2)12(15)8-11(13)10(3)6-7-18/h8-10,18H,4-7H2,1-3H3. The van der Waals surface area contributed by atoms with Crippen LogP contribution in [-0.4, -0.2) is 19.0 Å². The number of thiol groups is 1. The number of hydrogen-bond donors (Lipinski definition) is 1. The predicted molar refractivity (Wildman–Crippen MR) is 80.7 cm³/mol. The molecule has 0 fully saturated rings. The van der Waals surface area contributed by atoms with Crippen LogP contribution in [0.5, 0.6) is 11.5 Å². The first-order chi connectivity index (χ1) is 8.63. The zero-order valence-electron chi connectivity index (χ0n) is 11.2. The predicted octanol–water partition coefficient (Wildman–Crippen LogP) is 4.56. The molecule has 0 aliphatic rings. The van der Waals surface area contributed by atoms with E-state index in [0.29, 0.717) is 29.9 Å². The van der Waals surface area contributed by atoms with Crippen molar-refractivity contribution in [3.8, 4) is 11.5 Å². The summed E-state index contributed by atoms with van der Waals surface area (Å²) in [4.78, 5) is 0. The lowest BCUT2D eigenvalue weighted by atomic mass is 9.97. The van der Waals surface area contributed by atoms with E-state index < -0.39 is 0 Å². The molecule has 18 heavy (non-hydrogen) atoms. The first kappa shape index (κ1) is 15.5. The highest BCUT2D eigenvalue weighted by atomic mass is 35.5. The minimum absolute atomic E-state index is 0.372. The van der Waals surface area contributed by atoms with Gasteiger partial charge in [-0.15, -0.1) is 0 Å². The van der Waals surface area contributed by atoms with E-state index in [1.807, 2.05) is 26.0 Å². The lowest BCUT2D eigenvalue weighted by Gasteiger charge is -2.18. The van der Waals surface area contributed by atoms with Crippen LogP contribution < -0.4 is 9.47 Å². The van der Waals surface area contributed by atoms with Gasteiger partial charge in [0, 0.05) is 6.07 Å². The summed E-state index contributed by atoms with van der Waals surface area (Å²) in [6, 6.07) is 3.84. The molecule has 0 bridgehead atoms. The van der Waals surface area contributed by atoms with Crippen LogP contribution in [0, 0.1) is 0 Å². The molecule has 0 amide bonds. The van der Waals surface area contributed by atoms with Crippen LogP contribution in [-0.2, 0) is 0 Å². The van der Waals surface area contributed by atoms with E-state index in [9.17, 15) is 0 Å². The highest BCUT2D eigenvalue weighted by molar-refractivity contribution is 7.80. The van der Waals surface area contributed by atoms with Crippen molar-refractivity contribution in [2.45, 2.75) is 33.1 Å². The maximum Gasteiger partial charge on any atom is 0.141 e. The van der Waals surface area contributed by atoms with Crippen LogP contribution >= 0.6 is 24.2 Å². The van der Waals surface area contributed by atoms with Gasteiger partial charge in [0.1, 0.15) is 11.5 Å². The highest BCUT2D eigenvalue weighted by Gasteiger charge is 2.15. The fourth-order valence-electron chi connectivity index (χ4n) is 1.83.